The van der Waals surface area contributed by atoms with Crippen LogP contribution in [-0.2, 0) is 39.5 Å². The lowest BCUT2D eigenvalue weighted by atomic mass is 10.3. The fourth-order valence-electron chi connectivity index (χ4n) is 0.408. The summed E-state index contributed by atoms with van der Waals surface area (Å²) in [5.74, 6) is -0.751. The number of ketones is 2. The van der Waals surface area contributed by atoms with Crippen LogP contribution in [0.25, 0.3) is 5.53 Å². The van der Waals surface area contributed by atoms with E-state index in [1.165, 1.54) is 40.9 Å². The molecule has 11 heteroatoms. The van der Waals surface area contributed by atoms with E-state index >= 15 is 0 Å². The molecule has 10 nitrogen and oxygen atoms in total. The molecule has 0 bridgehead atoms. The molecular formula is C14H25N3O7S. The summed E-state index contributed by atoms with van der Waals surface area (Å²) in [7, 11) is 0. The summed E-state index contributed by atoms with van der Waals surface area (Å²) >= 11 is -1.48. The van der Waals surface area contributed by atoms with Crippen molar-refractivity contribution in [1.29, 1.82) is 0 Å². The number of hydrogen-bond donors (Lipinski definition) is 0. The van der Waals surface area contributed by atoms with Crippen molar-refractivity contribution in [3.63, 3.8) is 0 Å². The van der Waals surface area contributed by atoms with Crippen LogP contribution in [0.15, 0.2) is 5.16 Å². The molecule has 0 aliphatic heterocycles. The van der Waals surface area contributed by atoms with Gasteiger partial charge in [-0.05, 0) is 27.7 Å². The molecule has 2 atom stereocenters. The van der Waals surface area contributed by atoms with Crippen LogP contribution in [-0.4, -0.2) is 50.3 Å². The van der Waals surface area contributed by atoms with Gasteiger partial charge in [-0.25, -0.2) is 13.9 Å². The molecule has 0 amide bonds. The number of hydrogen-bond acceptors (Lipinski definition) is 8. The smallest absolute Gasteiger partial charge is 0.331 e. The van der Waals surface area contributed by atoms with E-state index < -0.39 is 17.2 Å². The van der Waals surface area contributed by atoms with Crippen molar-refractivity contribution in [1.82, 2.24) is 0 Å². The van der Waals surface area contributed by atoms with E-state index in [1.807, 2.05) is 0 Å². The second-order valence-corrected chi connectivity index (χ2v) is 5.62. The first-order chi connectivity index (χ1) is 11.3. The predicted molar refractivity (Wildman–Crippen MR) is 91.9 cm³/mol. The molecule has 0 aromatic rings. The highest BCUT2D eigenvalue weighted by Crippen LogP contribution is 1.93. The molecule has 0 radical (unpaired) electrons. The number of Topliss-reactive ketones (excluding diaryl/α,β-unsaturated/α-hetero) is 2. The van der Waals surface area contributed by atoms with Crippen molar-refractivity contribution in [2.75, 3.05) is 6.26 Å². The lowest BCUT2D eigenvalue weighted by Gasteiger charge is -2.04. The van der Waals surface area contributed by atoms with Crippen molar-refractivity contribution < 1.29 is 37.4 Å². The number of nitrogens with zero attached hydrogens (tertiary/aromatic N) is 3. The van der Waals surface area contributed by atoms with Crippen LogP contribution in [0.2, 0.25) is 0 Å². The first-order valence-corrected chi connectivity index (χ1v) is 8.39. The highest BCUT2D eigenvalue weighted by Gasteiger charge is 2.08. The van der Waals surface area contributed by atoms with Gasteiger partial charge in [-0.15, -0.1) is 4.33 Å². The average molecular weight is 379 g/mol. The maximum Gasteiger partial charge on any atom is 0.331 e. The zero-order chi connectivity index (χ0) is 20.6. The summed E-state index contributed by atoms with van der Waals surface area (Å²) in [6.45, 7) is 10.5. The van der Waals surface area contributed by atoms with Gasteiger partial charge in [0.1, 0.15) is 6.10 Å². The standard InChI is InChI=1S/C5H9NO2.C5H10O4S.C4H6N2O/c1-4(2)6-8-5(3)7;1-4(6)5(2)8-9-10(3)7;1-3(6-5)4(2)7/h1-3H3;5H,1-3H3;1-2H3. The summed E-state index contributed by atoms with van der Waals surface area (Å²) in [6, 6.07) is 0. The van der Waals surface area contributed by atoms with E-state index in [0.29, 0.717) is 0 Å². The predicted octanol–water partition coefficient (Wildman–Crippen LogP) is 1.42. The van der Waals surface area contributed by atoms with Crippen molar-refractivity contribution in [2.45, 2.75) is 54.6 Å². The van der Waals surface area contributed by atoms with Crippen molar-refractivity contribution in [2.24, 2.45) is 5.16 Å². The van der Waals surface area contributed by atoms with E-state index in [2.05, 4.69) is 24.0 Å². The molecule has 0 aliphatic carbocycles. The van der Waals surface area contributed by atoms with E-state index in [1.54, 1.807) is 13.8 Å². The van der Waals surface area contributed by atoms with Gasteiger partial charge in [0.05, 0.1) is 5.71 Å². The van der Waals surface area contributed by atoms with Crippen LogP contribution in [0, 0.1) is 0 Å². The highest BCUT2D eigenvalue weighted by molar-refractivity contribution is 7.79. The first kappa shape index (κ1) is 27.8. The first-order valence-electron chi connectivity index (χ1n) is 6.91. The number of carbonyl (C=O) groups is 3. The van der Waals surface area contributed by atoms with Gasteiger partial charge in [-0.2, -0.15) is 4.79 Å². The third-order valence-electron chi connectivity index (χ3n) is 1.87. The topological polar surface area (TPSA) is 145 Å². The number of oxime groups is 1. The molecule has 0 N–H and O–H groups in total. The van der Waals surface area contributed by atoms with Gasteiger partial charge < -0.3 is 10.4 Å². The third kappa shape index (κ3) is 27.1. The minimum atomic E-state index is -1.48. The van der Waals surface area contributed by atoms with Crippen LogP contribution >= 0.6 is 0 Å². The molecule has 0 spiro atoms. The molecular weight excluding hydrogens is 354 g/mol. The third-order valence-corrected chi connectivity index (χ3v) is 2.14. The molecule has 0 saturated carbocycles. The van der Waals surface area contributed by atoms with Crippen LogP contribution in [0.4, 0.5) is 0 Å². The summed E-state index contributed by atoms with van der Waals surface area (Å²) in [5.41, 5.74) is 8.75. The van der Waals surface area contributed by atoms with Crippen molar-refractivity contribution in [3.8, 4) is 0 Å². The lowest BCUT2D eigenvalue weighted by Crippen LogP contribution is -2.17. The Morgan fingerprint density at radius 2 is 1.56 bits per heavy atom. The van der Waals surface area contributed by atoms with Gasteiger partial charge in [0.15, 0.2) is 16.9 Å². The van der Waals surface area contributed by atoms with Crippen LogP contribution in [0.1, 0.15) is 48.5 Å². The van der Waals surface area contributed by atoms with Crippen LogP contribution < -0.4 is 0 Å². The fraction of sp³-hybridized carbons (Fsp3) is 0.643. The molecule has 2 unspecified atom stereocenters. The number of carbonyl (C=O) groups excluding carboxylic acids is 3. The Kier molecular flexibility index (Phi) is 18.6. The minimum absolute atomic E-state index is 0.139. The fourth-order valence-corrected chi connectivity index (χ4v) is 0.636. The van der Waals surface area contributed by atoms with E-state index in [0.717, 1.165) is 5.71 Å². The molecule has 0 aromatic carbocycles. The Hall–Kier alpha value is -2.07. The zero-order valence-electron chi connectivity index (χ0n) is 15.7. The number of rotatable bonds is 6. The largest absolute Gasteiger partial charge is 0.361 e. The molecule has 0 aromatic heterocycles. The summed E-state index contributed by atoms with van der Waals surface area (Å²) in [5, 5.41) is 3.39. The zero-order valence-corrected chi connectivity index (χ0v) is 16.5. The molecule has 0 rings (SSSR count). The summed E-state index contributed by atoms with van der Waals surface area (Å²) in [6.07, 6.45) is 0.663. The summed E-state index contributed by atoms with van der Waals surface area (Å²) in [4.78, 5) is 41.9. The maximum absolute atomic E-state index is 10.5. The Bertz CT molecular complexity index is 551. The molecule has 0 aliphatic rings. The SMILES string of the molecule is CC(=O)C(C)=[N+]=[N-].CC(=O)C(C)OOS(C)=O.CC(=O)ON=C(C)C. The normalized spacial score (nSPS) is 11.0. The summed E-state index contributed by atoms with van der Waals surface area (Å²) < 4.78 is 14.4. The molecule has 0 fully saturated rings. The lowest BCUT2D eigenvalue weighted by molar-refractivity contribution is -0.226. The Morgan fingerprint density at radius 1 is 1.08 bits per heavy atom. The average Bonchev–Trinajstić information content (AvgIpc) is 2.50. The van der Waals surface area contributed by atoms with E-state index in [-0.39, 0.29) is 23.2 Å². The van der Waals surface area contributed by atoms with E-state index in [4.69, 9.17) is 5.53 Å². The second kappa shape index (κ2) is 16.8. The minimum Gasteiger partial charge on any atom is -0.361 e. The van der Waals surface area contributed by atoms with Gasteiger partial charge in [0.2, 0.25) is 5.78 Å². The molecule has 25 heavy (non-hydrogen) atoms. The Morgan fingerprint density at radius 3 is 1.72 bits per heavy atom. The van der Waals surface area contributed by atoms with Crippen LogP contribution in [0.3, 0.4) is 0 Å². The quantitative estimate of drug-likeness (QED) is 0.169. The van der Waals surface area contributed by atoms with E-state index in [9.17, 15) is 18.6 Å². The highest BCUT2D eigenvalue weighted by atomic mass is 32.2. The monoisotopic (exact) mass is 379 g/mol. The van der Waals surface area contributed by atoms with Gasteiger partial charge in [0, 0.05) is 27.0 Å². The molecule has 144 valence electrons. The van der Waals surface area contributed by atoms with Gasteiger partial charge >= 0.3 is 11.7 Å². The van der Waals surface area contributed by atoms with Crippen molar-refractivity contribution >= 4 is 40.0 Å². The second-order valence-electron chi connectivity index (χ2n) is 4.68. The van der Waals surface area contributed by atoms with Crippen molar-refractivity contribution in [3.05, 3.63) is 5.53 Å². The van der Waals surface area contributed by atoms with Crippen LogP contribution in [0.5, 0.6) is 0 Å². The molecule has 0 saturated heterocycles. The Labute approximate surface area is 149 Å². The maximum atomic E-state index is 10.5. The van der Waals surface area contributed by atoms with Gasteiger partial charge in [0.25, 0.3) is 0 Å². The Balaban J connectivity index is -0.000000296. The van der Waals surface area contributed by atoms with Gasteiger partial charge in [-0.3, -0.25) is 9.59 Å². The molecule has 0 heterocycles. The van der Waals surface area contributed by atoms with Gasteiger partial charge in [-0.1, -0.05) is 5.16 Å².